The molecular weight excluding hydrogens is 128 g/mol. The molecule has 1 aliphatic rings. The minimum Gasteiger partial charge on any atom is -0.378 e. The molecular formula is C8H14O2. The molecule has 0 heterocycles. The first-order chi connectivity index (χ1) is 4.83. The second-order valence-corrected chi connectivity index (χ2v) is 2.77. The second-order valence-electron chi connectivity index (χ2n) is 2.77. The van der Waals surface area contributed by atoms with E-state index in [9.17, 15) is 4.79 Å². The van der Waals surface area contributed by atoms with E-state index in [4.69, 9.17) is 4.74 Å². The van der Waals surface area contributed by atoms with Gasteiger partial charge in [-0.2, -0.15) is 0 Å². The Kier molecular flexibility index (Phi) is 2.87. The van der Waals surface area contributed by atoms with Gasteiger partial charge in [0.05, 0.1) is 6.10 Å². The molecule has 0 aromatic carbocycles. The second kappa shape index (κ2) is 3.71. The van der Waals surface area contributed by atoms with Gasteiger partial charge in [-0.15, -0.1) is 0 Å². The SMILES string of the molecule is CCCOC1CCC(=O)C1. The maximum atomic E-state index is 10.7. The van der Waals surface area contributed by atoms with E-state index in [0.29, 0.717) is 12.2 Å². The Morgan fingerprint density at radius 2 is 2.50 bits per heavy atom. The van der Waals surface area contributed by atoms with Gasteiger partial charge in [-0.25, -0.2) is 0 Å². The summed E-state index contributed by atoms with van der Waals surface area (Å²) in [7, 11) is 0. The Hall–Kier alpha value is -0.370. The third-order valence-electron chi connectivity index (χ3n) is 1.76. The summed E-state index contributed by atoms with van der Waals surface area (Å²) in [5, 5.41) is 0. The highest BCUT2D eigenvalue weighted by molar-refractivity contribution is 5.80. The van der Waals surface area contributed by atoms with Crippen molar-refractivity contribution in [1.82, 2.24) is 0 Å². The number of Topliss-reactive ketones (excluding diaryl/α,β-unsaturated/α-hetero) is 1. The van der Waals surface area contributed by atoms with E-state index >= 15 is 0 Å². The molecule has 10 heavy (non-hydrogen) atoms. The smallest absolute Gasteiger partial charge is 0.135 e. The number of ether oxygens (including phenoxy) is 1. The summed E-state index contributed by atoms with van der Waals surface area (Å²) in [5.41, 5.74) is 0. The van der Waals surface area contributed by atoms with Gasteiger partial charge in [0, 0.05) is 19.4 Å². The Balaban J connectivity index is 2.12. The van der Waals surface area contributed by atoms with Gasteiger partial charge in [0.1, 0.15) is 5.78 Å². The molecule has 0 saturated heterocycles. The van der Waals surface area contributed by atoms with Crippen molar-refractivity contribution in [1.29, 1.82) is 0 Å². The fourth-order valence-electron chi connectivity index (χ4n) is 1.21. The van der Waals surface area contributed by atoms with Crippen LogP contribution in [0.15, 0.2) is 0 Å². The topological polar surface area (TPSA) is 26.3 Å². The highest BCUT2D eigenvalue weighted by Gasteiger charge is 2.21. The molecule has 0 aromatic rings. The van der Waals surface area contributed by atoms with Crippen molar-refractivity contribution >= 4 is 5.78 Å². The van der Waals surface area contributed by atoms with Crippen LogP contribution in [0.1, 0.15) is 32.6 Å². The lowest BCUT2D eigenvalue weighted by Gasteiger charge is -2.07. The van der Waals surface area contributed by atoms with Crippen LogP contribution in [0.5, 0.6) is 0 Å². The highest BCUT2D eigenvalue weighted by atomic mass is 16.5. The average molecular weight is 142 g/mol. The molecule has 0 aromatic heterocycles. The maximum Gasteiger partial charge on any atom is 0.135 e. The van der Waals surface area contributed by atoms with E-state index in [2.05, 4.69) is 6.92 Å². The summed E-state index contributed by atoms with van der Waals surface area (Å²) in [6, 6.07) is 0. The van der Waals surface area contributed by atoms with E-state index < -0.39 is 0 Å². The molecule has 1 fully saturated rings. The molecule has 0 radical (unpaired) electrons. The molecule has 1 unspecified atom stereocenters. The van der Waals surface area contributed by atoms with Crippen LogP contribution < -0.4 is 0 Å². The van der Waals surface area contributed by atoms with Gasteiger partial charge in [-0.1, -0.05) is 6.92 Å². The monoisotopic (exact) mass is 142 g/mol. The predicted molar refractivity (Wildman–Crippen MR) is 38.9 cm³/mol. The molecule has 0 aliphatic heterocycles. The zero-order valence-electron chi connectivity index (χ0n) is 6.43. The van der Waals surface area contributed by atoms with Gasteiger partial charge >= 0.3 is 0 Å². The molecule has 0 bridgehead atoms. The lowest BCUT2D eigenvalue weighted by molar-refractivity contribution is -0.118. The number of hydrogen-bond acceptors (Lipinski definition) is 2. The van der Waals surface area contributed by atoms with Crippen molar-refractivity contribution in [2.24, 2.45) is 0 Å². The summed E-state index contributed by atoms with van der Waals surface area (Å²) < 4.78 is 5.40. The lowest BCUT2D eigenvalue weighted by Crippen LogP contribution is -2.08. The Morgan fingerprint density at radius 3 is 3.00 bits per heavy atom. The summed E-state index contributed by atoms with van der Waals surface area (Å²) in [6.45, 7) is 2.88. The fraction of sp³-hybridized carbons (Fsp3) is 0.875. The zero-order valence-corrected chi connectivity index (χ0v) is 6.43. The standard InChI is InChI=1S/C8H14O2/c1-2-5-10-8-4-3-7(9)6-8/h8H,2-6H2,1H3. The number of carbonyl (C=O) groups is 1. The maximum absolute atomic E-state index is 10.7. The Bertz CT molecular complexity index is 120. The van der Waals surface area contributed by atoms with E-state index in [-0.39, 0.29) is 6.10 Å². The molecule has 1 rings (SSSR count). The van der Waals surface area contributed by atoms with Gasteiger partial charge < -0.3 is 4.74 Å². The summed E-state index contributed by atoms with van der Waals surface area (Å²) in [4.78, 5) is 10.7. The quantitative estimate of drug-likeness (QED) is 0.597. The molecule has 1 aliphatic carbocycles. The third-order valence-corrected chi connectivity index (χ3v) is 1.76. The van der Waals surface area contributed by atoms with Gasteiger partial charge in [0.2, 0.25) is 0 Å². The highest BCUT2D eigenvalue weighted by Crippen LogP contribution is 2.17. The van der Waals surface area contributed by atoms with E-state index in [1.165, 1.54) is 0 Å². The lowest BCUT2D eigenvalue weighted by atomic mass is 10.3. The normalized spacial score (nSPS) is 25.7. The molecule has 2 heteroatoms. The van der Waals surface area contributed by atoms with E-state index in [0.717, 1.165) is 25.9 Å². The molecule has 0 spiro atoms. The third kappa shape index (κ3) is 2.10. The van der Waals surface area contributed by atoms with Crippen LogP contribution in [0.2, 0.25) is 0 Å². The Morgan fingerprint density at radius 1 is 1.70 bits per heavy atom. The first-order valence-corrected chi connectivity index (χ1v) is 3.96. The summed E-state index contributed by atoms with van der Waals surface area (Å²) in [5.74, 6) is 0.362. The molecule has 58 valence electrons. The van der Waals surface area contributed by atoms with Gasteiger partial charge in [0.15, 0.2) is 0 Å². The van der Waals surface area contributed by atoms with Crippen LogP contribution in [0.25, 0.3) is 0 Å². The first-order valence-electron chi connectivity index (χ1n) is 3.96. The van der Waals surface area contributed by atoms with Crippen LogP contribution >= 0.6 is 0 Å². The molecule has 0 amide bonds. The van der Waals surface area contributed by atoms with Crippen molar-refractivity contribution in [3.05, 3.63) is 0 Å². The number of rotatable bonds is 3. The number of carbonyl (C=O) groups excluding carboxylic acids is 1. The van der Waals surface area contributed by atoms with Gasteiger partial charge in [-0.3, -0.25) is 4.79 Å². The number of ketones is 1. The fourth-order valence-corrected chi connectivity index (χ4v) is 1.21. The van der Waals surface area contributed by atoms with Crippen molar-refractivity contribution in [3.8, 4) is 0 Å². The largest absolute Gasteiger partial charge is 0.378 e. The van der Waals surface area contributed by atoms with Crippen LogP contribution in [-0.2, 0) is 9.53 Å². The van der Waals surface area contributed by atoms with E-state index in [1.807, 2.05) is 0 Å². The van der Waals surface area contributed by atoms with Crippen molar-refractivity contribution in [2.45, 2.75) is 38.7 Å². The minimum atomic E-state index is 0.243. The van der Waals surface area contributed by atoms with Crippen LogP contribution in [0, 0.1) is 0 Å². The molecule has 2 nitrogen and oxygen atoms in total. The van der Waals surface area contributed by atoms with Gasteiger partial charge in [-0.05, 0) is 12.8 Å². The minimum absolute atomic E-state index is 0.243. The first kappa shape index (κ1) is 7.73. The van der Waals surface area contributed by atoms with Crippen molar-refractivity contribution in [2.75, 3.05) is 6.61 Å². The van der Waals surface area contributed by atoms with Crippen LogP contribution in [-0.4, -0.2) is 18.5 Å². The van der Waals surface area contributed by atoms with Crippen LogP contribution in [0.3, 0.4) is 0 Å². The molecule has 1 saturated carbocycles. The Labute approximate surface area is 61.6 Å². The summed E-state index contributed by atoms with van der Waals surface area (Å²) >= 11 is 0. The summed E-state index contributed by atoms with van der Waals surface area (Å²) in [6.07, 6.45) is 3.62. The van der Waals surface area contributed by atoms with Crippen molar-refractivity contribution in [3.63, 3.8) is 0 Å². The number of hydrogen-bond donors (Lipinski definition) is 0. The van der Waals surface area contributed by atoms with Crippen LogP contribution in [0.4, 0.5) is 0 Å². The zero-order chi connectivity index (χ0) is 7.40. The molecule has 1 atom stereocenters. The average Bonchev–Trinajstić information content (AvgIpc) is 2.31. The van der Waals surface area contributed by atoms with E-state index in [1.54, 1.807) is 0 Å². The van der Waals surface area contributed by atoms with Crippen molar-refractivity contribution < 1.29 is 9.53 Å². The molecule has 0 N–H and O–H groups in total. The van der Waals surface area contributed by atoms with Gasteiger partial charge in [0.25, 0.3) is 0 Å². The predicted octanol–water partition coefficient (Wildman–Crippen LogP) is 1.53.